The zero-order valence-electron chi connectivity index (χ0n) is 11.5. The minimum Gasteiger partial charge on any atom is -0.339 e. The molecule has 0 bridgehead atoms. The maximum Gasteiger partial charge on any atom is 0.245 e. The van der Waals surface area contributed by atoms with Crippen molar-refractivity contribution < 1.29 is 8.78 Å². The van der Waals surface area contributed by atoms with Crippen LogP contribution in [-0.2, 0) is 0 Å². The zero-order chi connectivity index (χ0) is 14.8. The first-order chi connectivity index (χ1) is 10.2. The summed E-state index contributed by atoms with van der Waals surface area (Å²) in [6, 6.07) is 3.72. The maximum atomic E-state index is 13.7. The summed E-state index contributed by atoms with van der Waals surface area (Å²) in [5, 5.41) is 6.70. The Hall–Kier alpha value is -2.02. The lowest BCUT2D eigenvalue weighted by molar-refractivity contribution is 0.420. The first kappa shape index (κ1) is 13.9. The predicted molar refractivity (Wildman–Crippen MR) is 75.7 cm³/mol. The number of nitrogens with two attached hydrogens (primary N) is 1. The molecule has 1 atom stereocenters. The third-order valence-corrected chi connectivity index (χ3v) is 3.81. The topological polar surface area (TPSA) is 70.8 Å². The van der Waals surface area contributed by atoms with Gasteiger partial charge in [0.25, 0.3) is 0 Å². The second-order valence-corrected chi connectivity index (χ2v) is 5.27. The SMILES string of the molecule is NCC1CCCN(c2n[nH]c(-c3c(F)cccc3F)n2)C1. The number of H-pyrrole nitrogens is 1. The van der Waals surface area contributed by atoms with Crippen molar-refractivity contribution in [3.63, 3.8) is 0 Å². The number of hydrogen-bond acceptors (Lipinski definition) is 4. The molecule has 21 heavy (non-hydrogen) atoms. The van der Waals surface area contributed by atoms with Crippen LogP contribution in [0.2, 0.25) is 0 Å². The lowest BCUT2D eigenvalue weighted by Crippen LogP contribution is -2.38. The fourth-order valence-electron chi connectivity index (χ4n) is 2.67. The second kappa shape index (κ2) is 5.77. The molecule has 0 saturated carbocycles. The molecule has 2 heterocycles. The largest absolute Gasteiger partial charge is 0.339 e. The molecule has 7 heteroatoms. The Balaban J connectivity index is 1.86. The van der Waals surface area contributed by atoms with E-state index in [1.807, 2.05) is 4.90 Å². The van der Waals surface area contributed by atoms with Gasteiger partial charge in [-0.15, -0.1) is 5.10 Å². The molecule has 0 radical (unpaired) electrons. The Kier molecular flexibility index (Phi) is 3.83. The van der Waals surface area contributed by atoms with E-state index in [1.165, 1.54) is 18.2 Å². The number of anilines is 1. The van der Waals surface area contributed by atoms with Crippen LogP contribution in [0.3, 0.4) is 0 Å². The summed E-state index contributed by atoms with van der Waals surface area (Å²) in [6.45, 7) is 2.22. The number of piperidine rings is 1. The molecule has 1 unspecified atom stereocenters. The number of aromatic amines is 1. The molecule has 5 nitrogen and oxygen atoms in total. The molecule has 3 rings (SSSR count). The quantitative estimate of drug-likeness (QED) is 0.907. The van der Waals surface area contributed by atoms with Crippen LogP contribution in [0.5, 0.6) is 0 Å². The molecule has 112 valence electrons. The number of hydrogen-bond donors (Lipinski definition) is 2. The van der Waals surface area contributed by atoms with Crippen molar-refractivity contribution in [2.24, 2.45) is 11.7 Å². The van der Waals surface area contributed by atoms with Gasteiger partial charge in [-0.3, -0.25) is 5.10 Å². The molecule has 0 spiro atoms. The number of halogens is 2. The van der Waals surface area contributed by atoms with Gasteiger partial charge in [0.15, 0.2) is 5.82 Å². The fraction of sp³-hybridized carbons (Fsp3) is 0.429. The van der Waals surface area contributed by atoms with E-state index < -0.39 is 11.6 Å². The molecule has 0 aliphatic carbocycles. The second-order valence-electron chi connectivity index (χ2n) is 5.27. The Bertz CT molecular complexity index is 607. The van der Waals surface area contributed by atoms with E-state index in [1.54, 1.807) is 0 Å². The summed E-state index contributed by atoms with van der Waals surface area (Å²) >= 11 is 0. The average Bonchev–Trinajstić information content (AvgIpc) is 2.97. The smallest absolute Gasteiger partial charge is 0.245 e. The Morgan fingerprint density at radius 2 is 2.10 bits per heavy atom. The van der Waals surface area contributed by atoms with Gasteiger partial charge >= 0.3 is 0 Å². The van der Waals surface area contributed by atoms with E-state index in [-0.39, 0.29) is 11.4 Å². The van der Waals surface area contributed by atoms with Crippen molar-refractivity contribution in [2.75, 3.05) is 24.5 Å². The minimum atomic E-state index is -0.656. The monoisotopic (exact) mass is 293 g/mol. The Morgan fingerprint density at radius 3 is 2.81 bits per heavy atom. The van der Waals surface area contributed by atoms with E-state index in [0.29, 0.717) is 18.4 Å². The number of aromatic nitrogens is 3. The lowest BCUT2D eigenvalue weighted by atomic mass is 9.99. The van der Waals surface area contributed by atoms with Gasteiger partial charge in [-0.25, -0.2) is 8.78 Å². The van der Waals surface area contributed by atoms with E-state index in [0.717, 1.165) is 25.9 Å². The van der Waals surface area contributed by atoms with Crippen LogP contribution in [0.25, 0.3) is 11.4 Å². The van der Waals surface area contributed by atoms with E-state index in [2.05, 4.69) is 15.2 Å². The molecule has 1 aliphatic rings. The standard InChI is InChI=1S/C14H17F2N5/c15-10-4-1-5-11(16)12(10)13-18-14(20-19-13)21-6-2-3-9(7-17)8-21/h1,4-5,9H,2-3,6-8,17H2,(H,18,19,20). The van der Waals surface area contributed by atoms with Gasteiger partial charge in [0, 0.05) is 13.1 Å². The van der Waals surface area contributed by atoms with E-state index >= 15 is 0 Å². The molecule has 1 saturated heterocycles. The van der Waals surface area contributed by atoms with Crippen LogP contribution in [0.15, 0.2) is 18.2 Å². The summed E-state index contributed by atoms with van der Waals surface area (Å²) in [6.07, 6.45) is 2.10. The Morgan fingerprint density at radius 1 is 1.33 bits per heavy atom. The minimum absolute atomic E-state index is 0.107. The van der Waals surface area contributed by atoms with Gasteiger partial charge < -0.3 is 10.6 Å². The summed E-state index contributed by atoms with van der Waals surface area (Å²) in [4.78, 5) is 6.23. The molecular formula is C14H17F2N5. The molecule has 1 aromatic heterocycles. The van der Waals surface area contributed by atoms with E-state index in [9.17, 15) is 8.78 Å². The predicted octanol–water partition coefficient (Wildman–Crippen LogP) is 1.93. The zero-order valence-corrected chi connectivity index (χ0v) is 11.5. The summed E-state index contributed by atoms with van der Waals surface area (Å²) in [5.74, 6) is -0.334. The molecule has 1 aromatic carbocycles. The number of benzene rings is 1. The first-order valence-electron chi connectivity index (χ1n) is 7.01. The van der Waals surface area contributed by atoms with Crippen LogP contribution in [-0.4, -0.2) is 34.8 Å². The van der Waals surface area contributed by atoms with Crippen LogP contribution in [0, 0.1) is 17.6 Å². The number of rotatable bonds is 3. The fourth-order valence-corrected chi connectivity index (χ4v) is 2.67. The lowest BCUT2D eigenvalue weighted by Gasteiger charge is -2.31. The van der Waals surface area contributed by atoms with Crippen LogP contribution < -0.4 is 10.6 Å². The summed E-state index contributed by atoms with van der Waals surface area (Å²) in [7, 11) is 0. The normalized spacial score (nSPS) is 19.0. The third kappa shape index (κ3) is 2.73. The van der Waals surface area contributed by atoms with Crippen LogP contribution in [0.4, 0.5) is 14.7 Å². The van der Waals surface area contributed by atoms with Crippen molar-refractivity contribution >= 4 is 5.95 Å². The maximum absolute atomic E-state index is 13.7. The number of nitrogens with zero attached hydrogens (tertiary/aromatic N) is 3. The molecule has 1 fully saturated rings. The van der Waals surface area contributed by atoms with Gasteiger partial charge in [0.05, 0.1) is 5.56 Å². The Labute approximate surface area is 121 Å². The first-order valence-corrected chi connectivity index (χ1v) is 7.01. The summed E-state index contributed by atoms with van der Waals surface area (Å²) in [5.41, 5.74) is 5.53. The van der Waals surface area contributed by atoms with Crippen molar-refractivity contribution in [1.29, 1.82) is 0 Å². The van der Waals surface area contributed by atoms with Crippen molar-refractivity contribution in [2.45, 2.75) is 12.8 Å². The van der Waals surface area contributed by atoms with Gasteiger partial charge in [-0.05, 0) is 37.4 Å². The highest BCUT2D eigenvalue weighted by atomic mass is 19.1. The molecule has 3 N–H and O–H groups in total. The van der Waals surface area contributed by atoms with Gasteiger partial charge in [-0.1, -0.05) is 6.07 Å². The van der Waals surface area contributed by atoms with Gasteiger partial charge in [-0.2, -0.15) is 4.98 Å². The highest BCUT2D eigenvalue weighted by molar-refractivity contribution is 5.58. The van der Waals surface area contributed by atoms with Crippen molar-refractivity contribution in [3.05, 3.63) is 29.8 Å². The highest BCUT2D eigenvalue weighted by Crippen LogP contribution is 2.25. The van der Waals surface area contributed by atoms with Crippen LogP contribution >= 0.6 is 0 Å². The van der Waals surface area contributed by atoms with Crippen LogP contribution in [0.1, 0.15) is 12.8 Å². The van der Waals surface area contributed by atoms with E-state index in [4.69, 9.17) is 5.73 Å². The molecule has 1 aliphatic heterocycles. The van der Waals surface area contributed by atoms with Crippen molar-refractivity contribution in [1.82, 2.24) is 15.2 Å². The van der Waals surface area contributed by atoms with Gasteiger partial charge in [0.1, 0.15) is 11.6 Å². The molecular weight excluding hydrogens is 276 g/mol. The number of nitrogens with one attached hydrogen (secondary N) is 1. The van der Waals surface area contributed by atoms with Crippen molar-refractivity contribution in [3.8, 4) is 11.4 Å². The highest BCUT2D eigenvalue weighted by Gasteiger charge is 2.23. The average molecular weight is 293 g/mol. The third-order valence-electron chi connectivity index (χ3n) is 3.81. The molecule has 2 aromatic rings. The summed E-state index contributed by atoms with van der Waals surface area (Å²) < 4.78 is 27.5. The molecule has 0 amide bonds. The van der Waals surface area contributed by atoms with Gasteiger partial charge in [0.2, 0.25) is 5.95 Å².